The highest BCUT2D eigenvalue weighted by atomic mass is 16.5. The molecule has 0 aliphatic carbocycles. The summed E-state index contributed by atoms with van der Waals surface area (Å²) in [7, 11) is 3.19. The number of carbonyl (C=O) groups excluding carboxylic acids is 1. The monoisotopic (exact) mass is 366 g/mol. The highest BCUT2D eigenvalue weighted by Crippen LogP contribution is 2.22. The molecule has 1 unspecified atom stereocenters. The Balaban J connectivity index is 1.72. The predicted molar refractivity (Wildman–Crippen MR) is 103 cm³/mol. The van der Waals surface area contributed by atoms with Gasteiger partial charge in [0.05, 0.1) is 37.1 Å². The van der Waals surface area contributed by atoms with Crippen LogP contribution in [-0.4, -0.2) is 36.8 Å². The number of aliphatic hydroxyl groups excluding tert-OH is 1. The molecule has 3 rings (SSSR count). The van der Waals surface area contributed by atoms with Gasteiger partial charge >= 0.3 is 0 Å². The second-order valence-corrected chi connectivity index (χ2v) is 6.18. The molecule has 2 N–H and O–H groups in total. The summed E-state index contributed by atoms with van der Waals surface area (Å²) in [6, 6.07) is 14.4. The van der Waals surface area contributed by atoms with E-state index in [1.807, 2.05) is 18.2 Å². The van der Waals surface area contributed by atoms with E-state index >= 15 is 0 Å². The third kappa shape index (κ3) is 4.17. The summed E-state index contributed by atoms with van der Waals surface area (Å²) in [5.41, 5.74) is 2.57. The summed E-state index contributed by atoms with van der Waals surface area (Å²) in [5, 5.41) is 13.9. The first kappa shape index (κ1) is 18.7. The number of nitrogens with one attached hydrogen (secondary N) is 1. The summed E-state index contributed by atoms with van der Waals surface area (Å²) in [5.74, 6) is 1.16. The van der Waals surface area contributed by atoms with E-state index in [-0.39, 0.29) is 12.5 Å². The average molecular weight is 366 g/mol. The van der Waals surface area contributed by atoms with Crippen LogP contribution < -0.4 is 14.8 Å². The van der Waals surface area contributed by atoms with Crippen LogP contribution in [0.2, 0.25) is 0 Å². The molecular formula is C21H22N2O4. The predicted octanol–water partition coefficient (Wildman–Crippen LogP) is 3.02. The first-order chi connectivity index (χ1) is 13.0. The smallest absolute Gasteiger partial charge is 0.253 e. The molecule has 3 aromatic rings. The number of carbonyl (C=O) groups is 1. The van der Waals surface area contributed by atoms with Crippen molar-refractivity contribution in [3.8, 4) is 11.5 Å². The normalized spacial score (nSPS) is 11.9. The van der Waals surface area contributed by atoms with Gasteiger partial charge in [0, 0.05) is 18.0 Å². The van der Waals surface area contributed by atoms with Crippen molar-refractivity contribution in [2.75, 3.05) is 20.8 Å². The number of pyridine rings is 1. The number of aliphatic hydroxyl groups is 1. The van der Waals surface area contributed by atoms with Gasteiger partial charge in [-0.2, -0.15) is 0 Å². The molecule has 1 heterocycles. The molecule has 27 heavy (non-hydrogen) atoms. The van der Waals surface area contributed by atoms with Gasteiger partial charge in [-0.3, -0.25) is 9.78 Å². The largest absolute Gasteiger partial charge is 0.497 e. The van der Waals surface area contributed by atoms with Gasteiger partial charge in [0.25, 0.3) is 5.91 Å². The van der Waals surface area contributed by atoms with Gasteiger partial charge in [0.1, 0.15) is 11.5 Å². The second-order valence-electron chi connectivity index (χ2n) is 6.18. The Morgan fingerprint density at radius 3 is 2.41 bits per heavy atom. The van der Waals surface area contributed by atoms with Crippen LogP contribution in [0.3, 0.4) is 0 Å². The Morgan fingerprint density at radius 2 is 1.74 bits per heavy atom. The van der Waals surface area contributed by atoms with Crippen molar-refractivity contribution in [3.05, 3.63) is 65.4 Å². The van der Waals surface area contributed by atoms with Crippen molar-refractivity contribution in [2.24, 2.45) is 0 Å². The molecule has 0 spiro atoms. The van der Waals surface area contributed by atoms with E-state index in [0.29, 0.717) is 28.3 Å². The van der Waals surface area contributed by atoms with Crippen LogP contribution in [0, 0.1) is 6.92 Å². The van der Waals surface area contributed by atoms with Crippen LogP contribution in [0.25, 0.3) is 10.9 Å². The van der Waals surface area contributed by atoms with Crippen molar-refractivity contribution in [1.82, 2.24) is 10.3 Å². The minimum Gasteiger partial charge on any atom is -0.497 e. The molecule has 0 bridgehead atoms. The lowest BCUT2D eigenvalue weighted by Gasteiger charge is -2.14. The summed E-state index contributed by atoms with van der Waals surface area (Å²) in [6.07, 6.45) is -0.808. The minimum absolute atomic E-state index is 0.102. The number of nitrogens with zero attached hydrogens (tertiary/aromatic N) is 1. The summed E-state index contributed by atoms with van der Waals surface area (Å²) >= 11 is 0. The zero-order valence-electron chi connectivity index (χ0n) is 15.5. The lowest BCUT2D eigenvalue weighted by Crippen LogP contribution is -2.29. The topological polar surface area (TPSA) is 80.7 Å². The van der Waals surface area contributed by atoms with E-state index in [9.17, 15) is 9.90 Å². The molecule has 0 fully saturated rings. The highest BCUT2D eigenvalue weighted by Gasteiger charge is 2.14. The Labute approximate surface area is 157 Å². The fraction of sp³-hybridized carbons (Fsp3) is 0.238. The van der Waals surface area contributed by atoms with Crippen molar-refractivity contribution in [3.63, 3.8) is 0 Å². The third-order valence-electron chi connectivity index (χ3n) is 4.42. The van der Waals surface area contributed by atoms with E-state index < -0.39 is 6.10 Å². The first-order valence-corrected chi connectivity index (χ1v) is 8.57. The standard InChI is InChI=1S/C21H22N2O4/c1-13-18(10-15-6-9-17(27-3)11-19(15)23-13)21(25)22-12-20(24)14-4-7-16(26-2)8-5-14/h4-11,20,24H,12H2,1-3H3,(H,22,25). The van der Waals surface area contributed by atoms with E-state index in [0.717, 1.165) is 10.9 Å². The lowest BCUT2D eigenvalue weighted by molar-refractivity contribution is 0.0915. The molecule has 0 saturated heterocycles. The number of hydrogen-bond acceptors (Lipinski definition) is 5. The summed E-state index contributed by atoms with van der Waals surface area (Å²) in [6.45, 7) is 1.89. The number of amides is 1. The van der Waals surface area contributed by atoms with Crippen LogP contribution in [0.4, 0.5) is 0 Å². The Hall–Kier alpha value is -3.12. The van der Waals surface area contributed by atoms with Crippen molar-refractivity contribution in [2.45, 2.75) is 13.0 Å². The lowest BCUT2D eigenvalue weighted by atomic mass is 10.1. The molecule has 6 heteroatoms. The van der Waals surface area contributed by atoms with Crippen LogP contribution in [0.5, 0.6) is 11.5 Å². The molecule has 0 radical (unpaired) electrons. The summed E-state index contributed by atoms with van der Waals surface area (Å²) in [4.78, 5) is 17.1. The van der Waals surface area contributed by atoms with Crippen LogP contribution in [0.1, 0.15) is 27.7 Å². The van der Waals surface area contributed by atoms with Crippen LogP contribution in [0.15, 0.2) is 48.5 Å². The Morgan fingerprint density at radius 1 is 1.07 bits per heavy atom. The van der Waals surface area contributed by atoms with Gasteiger partial charge in [0.15, 0.2) is 0 Å². The number of fused-ring (bicyclic) bond motifs is 1. The minimum atomic E-state index is -0.808. The number of ether oxygens (including phenoxy) is 2. The van der Waals surface area contributed by atoms with Gasteiger partial charge in [-0.1, -0.05) is 12.1 Å². The van der Waals surface area contributed by atoms with Crippen LogP contribution in [-0.2, 0) is 0 Å². The van der Waals surface area contributed by atoms with E-state index in [2.05, 4.69) is 10.3 Å². The van der Waals surface area contributed by atoms with E-state index in [4.69, 9.17) is 9.47 Å². The molecule has 140 valence electrons. The molecule has 6 nitrogen and oxygen atoms in total. The zero-order valence-corrected chi connectivity index (χ0v) is 15.5. The molecule has 1 amide bonds. The van der Waals surface area contributed by atoms with Gasteiger partial charge in [-0.25, -0.2) is 0 Å². The maximum atomic E-state index is 12.6. The average Bonchev–Trinajstić information content (AvgIpc) is 2.70. The highest BCUT2D eigenvalue weighted by molar-refractivity contribution is 5.98. The van der Waals surface area contributed by atoms with Gasteiger partial charge < -0.3 is 19.9 Å². The van der Waals surface area contributed by atoms with Gasteiger partial charge in [-0.15, -0.1) is 0 Å². The number of rotatable bonds is 6. The second kappa shape index (κ2) is 8.05. The Bertz CT molecular complexity index is 954. The fourth-order valence-corrected chi connectivity index (χ4v) is 2.83. The fourth-order valence-electron chi connectivity index (χ4n) is 2.83. The molecule has 1 atom stereocenters. The van der Waals surface area contributed by atoms with Gasteiger partial charge in [0.2, 0.25) is 0 Å². The number of methoxy groups -OCH3 is 2. The van der Waals surface area contributed by atoms with Crippen molar-refractivity contribution in [1.29, 1.82) is 0 Å². The quantitative estimate of drug-likeness (QED) is 0.701. The SMILES string of the molecule is COc1ccc(C(O)CNC(=O)c2cc3ccc(OC)cc3nc2C)cc1. The maximum absolute atomic E-state index is 12.6. The number of hydrogen-bond donors (Lipinski definition) is 2. The van der Waals surface area contributed by atoms with E-state index in [1.54, 1.807) is 51.5 Å². The third-order valence-corrected chi connectivity index (χ3v) is 4.42. The van der Waals surface area contributed by atoms with Crippen molar-refractivity contribution >= 4 is 16.8 Å². The number of benzene rings is 2. The van der Waals surface area contributed by atoms with Crippen molar-refractivity contribution < 1.29 is 19.4 Å². The first-order valence-electron chi connectivity index (χ1n) is 8.57. The maximum Gasteiger partial charge on any atom is 0.253 e. The van der Waals surface area contributed by atoms with Crippen LogP contribution >= 0.6 is 0 Å². The molecular weight excluding hydrogens is 344 g/mol. The molecule has 1 aromatic heterocycles. The van der Waals surface area contributed by atoms with E-state index in [1.165, 1.54) is 0 Å². The molecule has 0 aliphatic heterocycles. The summed E-state index contributed by atoms with van der Waals surface area (Å²) < 4.78 is 10.3. The van der Waals surface area contributed by atoms with Gasteiger partial charge in [-0.05, 0) is 42.8 Å². The molecule has 0 saturated carbocycles. The number of aryl methyl sites for hydroxylation is 1. The Kier molecular flexibility index (Phi) is 5.57. The number of aromatic nitrogens is 1. The molecule has 0 aliphatic rings. The zero-order chi connectivity index (χ0) is 19.4. The molecule has 2 aromatic carbocycles.